The molecule has 0 fully saturated rings. The Morgan fingerprint density at radius 2 is 1.80 bits per heavy atom. The van der Waals surface area contributed by atoms with Crippen LogP contribution in [-0.4, -0.2) is 11.2 Å². The van der Waals surface area contributed by atoms with Crippen molar-refractivity contribution in [3.05, 3.63) is 58.6 Å². The number of anilines is 1. The minimum Gasteiger partial charge on any atom is -0.325 e. The predicted molar refractivity (Wildman–Crippen MR) is 86.9 cm³/mol. The molecule has 2 nitrogen and oxygen atoms in total. The van der Waals surface area contributed by atoms with Crippen LogP contribution in [-0.2, 0) is 4.79 Å². The molecule has 0 radical (unpaired) electrons. The first-order valence-corrected chi connectivity index (χ1v) is 7.67. The van der Waals surface area contributed by atoms with Crippen molar-refractivity contribution in [3.8, 4) is 0 Å². The molecule has 0 aliphatic carbocycles. The Morgan fingerprint density at radius 1 is 1.10 bits per heavy atom. The molecular weight excluding hydrogens is 313 g/mol. The monoisotopic (exact) mass is 325 g/mol. The van der Waals surface area contributed by atoms with E-state index >= 15 is 0 Å². The molecule has 2 aromatic rings. The molecule has 0 bridgehead atoms. The van der Waals surface area contributed by atoms with E-state index in [1.54, 1.807) is 18.2 Å². The second-order valence-electron chi connectivity index (χ2n) is 4.21. The molecule has 2 rings (SSSR count). The Bertz CT molecular complexity index is 601. The third-order valence-corrected chi connectivity index (χ3v) is 4.19. The summed E-state index contributed by atoms with van der Waals surface area (Å²) >= 11 is 13.2. The first-order chi connectivity index (χ1) is 9.54. The fraction of sp³-hybridized carbons (Fsp3) is 0.133. The number of nitrogens with one attached hydrogen (secondary N) is 1. The second-order valence-corrected chi connectivity index (χ2v) is 6.50. The van der Waals surface area contributed by atoms with Gasteiger partial charge in [-0.3, -0.25) is 4.79 Å². The molecule has 1 amide bonds. The average Bonchev–Trinajstić information content (AvgIpc) is 2.41. The molecule has 0 aliphatic rings. The minimum atomic E-state index is -0.213. The van der Waals surface area contributed by atoms with Crippen LogP contribution in [0.25, 0.3) is 0 Å². The molecule has 5 heteroatoms. The summed E-state index contributed by atoms with van der Waals surface area (Å²) in [4.78, 5) is 13.1. The number of benzene rings is 2. The van der Waals surface area contributed by atoms with E-state index in [-0.39, 0.29) is 11.2 Å². The molecule has 0 saturated carbocycles. The molecule has 20 heavy (non-hydrogen) atoms. The molecule has 2 aromatic carbocycles. The molecule has 0 aromatic heterocycles. The molecule has 104 valence electrons. The van der Waals surface area contributed by atoms with Crippen LogP contribution in [0.4, 0.5) is 5.69 Å². The average molecular weight is 326 g/mol. The standard InChI is InChI=1S/C15H13Cl2NOS/c1-10(20-14-7-5-11(16)6-8-14)15(19)18-13-4-2-3-12(17)9-13/h2-10H,1H3,(H,18,19)/t10-/m0/s1. The zero-order chi connectivity index (χ0) is 14.5. The van der Waals surface area contributed by atoms with Crippen molar-refractivity contribution in [2.45, 2.75) is 17.1 Å². The van der Waals surface area contributed by atoms with E-state index in [9.17, 15) is 4.79 Å². The topological polar surface area (TPSA) is 29.1 Å². The van der Waals surface area contributed by atoms with E-state index in [0.717, 1.165) is 4.90 Å². The van der Waals surface area contributed by atoms with Crippen molar-refractivity contribution in [2.24, 2.45) is 0 Å². The summed E-state index contributed by atoms with van der Waals surface area (Å²) in [5, 5.41) is 3.91. The third-order valence-electron chi connectivity index (χ3n) is 2.59. The van der Waals surface area contributed by atoms with Gasteiger partial charge in [0.2, 0.25) is 5.91 Å². The van der Waals surface area contributed by atoms with Crippen molar-refractivity contribution in [3.63, 3.8) is 0 Å². The van der Waals surface area contributed by atoms with Crippen molar-refractivity contribution in [1.82, 2.24) is 0 Å². The van der Waals surface area contributed by atoms with Gasteiger partial charge in [0.25, 0.3) is 0 Å². The fourth-order valence-electron chi connectivity index (χ4n) is 1.58. The molecule has 0 spiro atoms. The van der Waals surface area contributed by atoms with E-state index < -0.39 is 0 Å². The van der Waals surface area contributed by atoms with Gasteiger partial charge in [-0.15, -0.1) is 11.8 Å². The summed E-state index contributed by atoms with van der Waals surface area (Å²) in [5.74, 6) is -0.0628. The molecule has 1 N–H and O–H groups in total. The normalized spacial score (nSPS) is 11.9. The molecule has 0 saturated heterocycles. The molecular formula is C15H13Cl2NOS. The lowest BCUT2D eigenvalue weighted by atomic mass is 10.3. The van der Waals surface area contributed by atoms with Gasteiger partial charge in [-0.1, -0.05) is 29.3 Å². The summed E-state index contributed by atoms with van der Waals surface area (Å²) in [6.45, 7) is 1.86. The van der Waals surface area contributed by atoms with E-state index in [1.807, 2.05) is 37.3 Å². The lowest BCUT2D eigenvalue weighted by molar-refractivity contribution is -0.115. The van der Waals surface area contributed by atoms with E-state index in [2.05, 4.69) is 5.32 Å². The van der Waals surface area contributed by atoms with Gasteiger partial charge in [-0.2, -0.15) is 0 Å². The SMILES string of the molecule is C[C@H](Sc1ccc(Cl)cc1)C(=O)Nc1cccc(Cl)c1. The van der Waals surface area contributed by atoms with Gasteiger partial charge in [0.15, 0.2) is 0 Å². The molecule has 1 atom stereocenters. The van der Waals surface area contributed by atoms with Crippen LogP contribution in [0.2, 0.25) is 10.0 Å². The van der Waals surface area contributed by atoms with Crippen LogP contribution in [0.5, 0.6) is 0 Å². The number of carbonyl (C=O) groups is 1. The minimum absolute atomic E-state index is 0.0628. The van der Waals surface area contributed by atoms with E-state index in [1.165, 1.54) is 11.8 Å². The maximum absolute atomic E-state index is 12.1. The van der Waals surface area contributed by atoms with Crippen molar-refractivity contribution >= 4 is 46.6 Å². The smallest absolute Gasteiger partial charge is 0.237 e. The van der Waals surface area contributed by atoms with E-state index in [4.69, 9.17) is 23.2 Å². The molecule has 0 unspecified atom stereocenters. The summed E-state index contributed by atoms with van der Waals surface area (Å²) in [7, 11) is 0. The van der Waals surface area contributed by atoms with Crippen LogP contribution in [0, 0.1) is 0 Å². The second kappa shape index (κ2) is 7.02. The largest absolute Gasteiger partial charge is 0.325 e. The highest BCUT2D eigenvalue weighted by atomic mass is 35.5. The van der Waals surface area contributed by atoms with Gasteiger partial charge in [0.05, 0.1) is 5.25 Å². The van der Waals surface area contributed by atoms with Gasteiger partial charge < -0.3 is 5.32 Å². The van der Waals surface area contributed by atoms with Gasteiger partial charge in [-0.25, -0.2) is 0 Å². The number of halogens is 2. The van der Waals surface area contributed by atoms with Crippen molar-refractivity contribution in [1.29, 1.82) is 0 Å². The highest BCUT2D eigenvalue weighted by Crippen LogP contribution is 2.25. The number of carbonyl (C=O) groups excluding carboxylic acids is 1. The Kier molecular flexibility index (Phi) is 5.35. The van der Waals surface area contributed by atoms with Crippen molar-refractivity contribution < 1.29 is 4.79 Å². The van der Waals surface area contributed by atoms with Crippen LogP contribution in [0.15, 0.2) is 53.4 Å². The Balaban J connectivity index is 1.96. The lowest BCUT2D eigenvalue weighted by Crippen LogP contribution is -2.22. The Hall–Kier alpha value is -1.16. The molecule has 0 aliphatic heterocycles. The Morgan fingerprint density at radius 3 is 2.45 bits per heavy atom. The predicted octanol–water partition coefficient (Wildman–Crippen LogP) is 5.11. The highest BCUT2D eigenvalue weighted by molar-refractivity contribution is 8.00. The first kappa shape index (κ1) is 15.2. The van der Waals surface area contributed by atoms with Crippen LogP contribution in [0.3, 0.4) is 0 Å². The number of rotatable bonds is 4. The Labute approximate surface area is 132 Å². The third kappa shape index (κ3) is 4.44. The first-order valence-electron chi connectivity index (χ1n) is 6.03. The van der Waals surface area contributed by atoms with Crippen LogP contribution in [0.1, 0.15) is 6.92 Å². The maximum atomic E-state index is 12.1. The quantitative estimate of drug-likeness (QED) is 0.791. The summed E-state index contributed by atoms with van der Waals surface area (Å²) in [6.07, 6.45) is 0. The lowest BCUT2D eigenvalue weighted by Gasteiger charge is -2.12. The fourth-order valence-corrected chi connectivity index (χ4v) is 2.76. The highest BCUT2D eigenvalue weighted by Gasteiger charge is 2.14. The zero-order valence-electron chi connectivity index (χ0n) is 10.8. The maximum Gasteiger partial charge on any atom is 0.237 e. The van der Waals surface area contributed by atoms with Gasteiger partial charge >= 0.3 is 0 Å². The van der Waals surface area contributed by atoms with Gasteiger partial charge in [0.1, 0.15) is 0 Å². The van der Waals surface area contributed by atoms with Gasteiger partial charge in [0, 0.05) is 20.6 Å². The number of thioether (sulfide) groups is 1. The number of hydrogen-bond acceptors (Lipinski definition) is 2. The summed E-state index contributed by atoms with van der Waals surface area (Å²) in [5.41, 5.74) is 0.700. The summed E-state index contributed by atoms with van der Waals surface area (Å²) in [6, 6.07) is 14.5. The van der Waals surface area contributed by atoms with Crippen molar-refractivity contribution in [2.75, 3.05) is 5.32 Å². The number of amides is 1. The van der Waals surface area contributed by atoms with Crippen LogP contribution < -0.4 is 5.32 Å². The van der Waals surface area contributed by atoms with Gasteiger partial charge in [-0.05, 0) is 49.4 Å². The molecule has 0 heterocycles. The van der Waals surface area contributed by atoms with E-state index in [0.29, 0.717) is 15.7 Å². The van der Waals surface area contributed by atoms with Crippen LogP contribution >= 0.6 is 35.0 Å². The number of hydrogen-bond donors (Lipinski definition) is 1. The summed E-state index contributed by atoms with van der Waals surface area (Å²) < 4.78 is 0. The zero-order valence-corrected chi connectivity index (χ0v) is 13.1.